The van der Waals surface area contributed by atoms with Crippen molar-refractivity contribution in [1.29, 1.82) is 0 Å². The minimum Gasteiger partial charge on any atom is -0.475 e. The van der Waals surface area contributed by atoms with Gasteiger partial charge in [0.15, 0.2) is 0 Å². The Morgan fingerprint density at radius 1 is 1.35 bits per heavy atom. The predicted molar refractivity (Wildman–Crippen MR) is 76.8 cm³/mol. The predicted octanol–water partition coefficient (Wildman–Crippen LogP) is 3.45. The maximum absolute atomic E-state index is 10.9. The molecule has 1 aromatic carbocycles. The van der Waals surface area contributed by atoms with Gasteiger partial charge >= 0.3 is 5.97 Å². The molecule has 0 aliphatic heterocycles. The number of carboxylic acids is 1. The van der Waals surface area contributed by atoms with E-state index < -0.39 is 5.97 Å². The second-order valence-electron chi connectivity index (χ2n) is 5.05. The van der Waals surface area contributed by atoms with E-state index in [0.29, 0.717) is 17.9 Å². The van der Waals surface area contributed by atoms with E-state index in [1.54, 1.807) is 13.0 Å². The molecule has 0 saturated carbocycles. The summed E-state index contributed by atoms with van der Waals surface area (Å²) in [5, 5.41) is 12.3. The minimum absolute atomic E-state index is 0.0185. The van der Waals surface area contributed by atoms with E-state index in [4.69, 9.17) is 9.52 Å². The first-order valence-electron chi connectivity index (χ1n) is 6.60. The Labute approximate surface area is 118 Å². The summed E-state index contributed by atoms with van der Waals surface area (Å²) in [6.45, 7) is 6.37. The number of rotatable bonds is 5. The van der Waals surface area contributed by atoms with Gasteiger partial charge in [0.2, 0.25) is 5.76 Å². The highest BCUT2D eigenvalue weighted by Crippen LogP contribution is 2.17. The minimum atomic E-state index is -1.03. The van der Waals surface area contributed by atoms with Gasteiger partial charge in [-0.2, -0.15) is 0 Å². The van der Waals surface area contributed by atoms with Gasteiger partial charge in [-0.3, -0.25) is 0 Å². The first kappa shape index (κ1) is 14.3. The van der Waals surface area contributed by atoms with E-state index >= 15 is 0 Å². The summed E-state index contributed by atoms with van der Waals surface area (Å²) in [4.78, 5) is 10.9. The molecule has 20 heavy (non-hydrogen) atoms. The summed E-state index contributed by atoms with van der Waals surface area (Å²) in [5.41, 5.74) is 3.07. The normalized spacial score (nSPS) is 12.3. The Kier molecular flexibility index (Phi) is 4.25. The number of carbonyl (C=O) groups is 1. The fourth-order valence-electron chi connectivity index (χ4n) is 2.16. The molecular weight excluding hydrogens is 254 g/mol. The number of benzene rings is 1. The molecular formula is C16H19NO3. The third-order valence-electron chi connectivity index (χ3n) is 3.29. The van der Waals surface area contributed by atoms with E-state index in [-0.39, 0.29) is 11.8 Å². The van der Waals surface area contributed by atoms with Crippen LogP contribution in [0.25, 0.3) is 0 Å². The van der Waals surface area contributed by atoms with Crippen molar-refractivity contribution < 1.29 is 14.3 Å². The van der Waals surface area contributed by atoms with Crippen LogP contribution in [0.3, 0.4) is 0 Å². The molecule has 0 aliphatic carbocycles. The summed E-state index contributed by atoms with van der Waals surface area (Å²) in [5.74, 6) is -0.370. The smallest absolute Gasteiger partial charge is 0.372 e. The second kappa shape index (κ2) is 5.92. The number of hydrogen-bond acceptors (Lipinski definition) is 3. The summed E-state index contributed by atoms with van der Waals surface area (Å²) < 4.78 is 5.32. The summed E-state index contributed by atoms with van der Waals surface area (Å²) in [6, 6.07) is 10.2. The quantitative estimate of drug-likeness (QED) is 0.876. The summed E-state index contributed by atoms with van der Waals surface area (Å²) in [7, 11) is 0. The average Bonchev–Trinajstić information content (AvgIpc) is 2.77. The second-order valence-corrected chi connectivity index (χ2v) is 5.05. The van der Waals surface area contributed by atoms with Gasteiger partial charge < -0.3 is 14.8 Å². The maximum Gasteiger partial charge on any atom is 0.372 e. The SMILES string of the molecule is Cc1cccc([C@H](C)NCc2cc(C)c(C(=O)O)o2)c1. The van der Waals surface area contributed by atoms with Gasteiger partial charge in [-0.05, 0) is 32.4 Å². The van der Waals surface area contributed by atoms with E-state index in [9.17, 15) is 4.79 Å². The average molecular weight is 273 g/mol. The van der Waals surface area contributed by atoms with Crippen LogP contribution in [-0.4, -0.2) is 11.1 Å². The molecule has 106 valence electrons. The molecule has 0 saturated heterocycles. The van der Waals surface area contributed by atoms with Gasteiger partial charge in [0.25, 0.3) is 0 Å². The lowest BCUT2D eigenvalue weighted by Gasteiger charge is -2.13. The van der Waals surface area contributed by atoms with Gasteiger partial charge in [-0.25, -0.2) is 4.79 Å². The molecule has 0 fully saturated rings. The molecule has 2 rings (SSSR count). The van der Waals surface area contributed by atoms with Crippen molar-refractivity contribution in [2.24, 2.45) is 0 Å². The molecule has 1 aromatic heterocycles. The Bertz CT molecular complexity index is 616. The van der Waals surface area contributed by atoms with Crippen molar-refractivity contribution in [3.05, 3.63) is 58.5 Å². The van der Waals surface area contributed by atoms with Gasteiger partial charge in [-0.1, -0.05) is 29.8 Å². The van der Waals surface area contributed by atoms with Crippen molar-refractivity contribution in [3.63, 3.8) is 0 Å². The van der Waals surface area contributed by atoms with Crippen LogP contribution in [0.2, 0.25) is 0 Å². The third kappa shape index (κ3) is 3.27. The van der Waals surface area contributed by atoms with E-state index in [1.807, 2.05) is 6.07 Å². The van der Waals surface area contributed by atoms with Crippen LogP contribution in [0.5, 0.6) is 0 Å². The van der Waals surface area contributed by atoms with Gasteiger partial charge in [0.05, 0.1) is 6.54 Å². The maximum atomic E-state index is 10.9. The van der Waals surface area contributed by atoms with Crippen molar-refractivity contribution in [3.8, 4) is 0 Å². The number of nitrogens with one attached hydrogen (secondary N) is 1. The Hall–Kier alpha value is -2.07. The third-order valence-corrected chi connectivity index (χ3v) is 3.29. The van der Waals surface area contributed by atoms with E-state index in [1.165, 1.54) is 11.1 Å². The lowest BCUT2D eigenvalue weighted by molar-refractivity contribution is 0.0659. The van der Waals surface area contributed by atoms with Crippen LogP contribution < -0.4 is 5.32 Å². The van der Waals surface area contributed by atoms with Crippen molar-refractivity contribution in [1.82, 2.24) is 5.32 Å². The molecule has 1 heterocycles. The topological polar surface area (TPSA) is 62.5 Å². The number of carboxylic acid groups (broad SMARTS) is 1. The molecule has 0 unspecified atom stereocenters. The van der Waals surface area contributed by atoms with E-state index in [0.717, 1.165) is 0 Å². The molecule has 0 amide bonds. The van der Waals surface area contributed by atoms with Crippen LogP contribution in [0.1, 0.15) is 46.0 Å². The molecule has 2 N–H and O–H groups in total. The zero-order valence-corrected chi connectivity index (χ0v) is 11.9. The highest BCUT2D eigenvalue weighted by Gasteiger charge is 2.14. The highest BCUT2D eigenvalue weighted by molar-refractivity contribution is 5.86. The molecule has 0 radical (unpaired) electrons. The molecule has 0 spiro atoms. The standard InChI is InChI=1S/C16H19NO3/c1-10-5-4-6-13(7-10)12(3)17-9-14-8-11(2)15(20-14)16(18)19/h4-8,12,17H,9H2,1-3H3,(H,18,19)/t12-/m0/s1. The lowest BCUT2D eigenvalue weighted by atomic mass is 10.1. The number of hydrogen-bond donors (Lipinski definition) is 2. The van der Waals surface area contributed by atoms with Crippen LogP contribution >= 0.6 is 0 Å². The highest BCUT2D eigenvalue weighted by atomic mass is 16.4. The first-order chi connectivity index (χ1) is 9.47. The monoisotopic (exact) mass is 273 g/mol. The van der Waals surface area contributed by atoms with E-state index in [2.05, 4.69) is 37.4 Å². The number of aryl methyl sites for hydroxylation is 2. The van der Waals surface area contributed by atoms with Crippen LogP contribution in [0.4, 0.5) is 0 Å². The van der Waals surface area contributed by atoms with Crippen molar-refractivity contribution in [2.45, 2.75) is 33.4 Å². The lowest BCUT2D eigenvalue weighted by Crippen LogP contribution is -2.17. The van der Waals surface area contributed by atoms with Crippen LogP contribution in [0.15, 0.2) is 34.7 Å². The fourth-order valence-corrected chi connectivity index (χ4v) is 2.16. The van der Waals surface area contributed by atoms with Gasteiger partial charge in [0, 0.05) is 11.6 Å². The summed E-state index contributed by atoms with van der Waals surface area (Å²) in [6.07, 6.45) is 0. The molecule has 4 nitrogen and oxygen atoms in total. The Morgan fingerprint density at radius 3 is 2.70 bits per heavy atom. The zero-order chi connectivity index (χ0) is 14.7. The van der Waals surface area contributed by atoms with Gasteiger partial charge in [0.1, 0.15) is 5.76 Å². The molecule has 0 aliphatic rings. The van der Waals surface area contributed by atoms with Crippen molar-refractivity contribution >= 4 is 5.97 Å². The fraction of sp³-hybridized carbons (Fsp3) is 0.312. The Morgan fingerprint density at radius 2 is 2.10 bits per heavy atom. The summed E-state index contributed by atoms with van der Waals surface area (Å²) >= 11 is 0. The molecule has 4 heteroatoms. The largest absolute Gasteiger partial charge is 0.475 e. The Balaban J connectivity index is 2.01. The van der Waals surface area contributed by atoms with Crippen molar-refractivity contribution in [2.75, 3.05) is 0 Å². The van der Waals surface area contributed by atoms with Crippen LogP contribution in [-0.2, 0) is 6.54 Å². The zero-order valence-electron chi connectivity index (χ0n) is 11.9. The molecule has 2 aromatic rings. The number of furan rings is 1. The molecule has 0 bridgehead atoms. The van der Waals surface area contributed by atoms with Gasteiger partial charge in [-0.15, -0.1) is 0 Å². The molecule has 1 atom stereocenters. The first-order valence-corrected chi connectivity index (χ1v) is 6.60. The number of aromatic carboxylic acids is 1. The van der Waals surface area contributed by atoms with Crippen LogP contribution in [0, 0.1) is 13.8 Å².